The van der Waals surface area contributed by atoms with Crippen molar-refractivity contribution in [3.05, 3.63) is 28.0 Å². The minimum atomic E-state index is 0.247. The molecule has 1 aromatic carbocycles. The molecule has 1 aliphatic heterocycles. The Morgan fingerprint density at radius 3 is 2.89 bits per heavy atom. The van der Waals surface area contributed by atoms with E-state index in [1.165, 1.54) is 18.4 Å². The van der Waals surface area contributed by atoms with Crippen LogP contribution in [0.1, 0.15) is 44.1 Å². The first-order chi connectivity index (χ1) is 8.97. The highest BCUT2D eigenvalue weighted by Crippen LogP contribution is 2.39. The molecule has 1 atom stereocenters. The molecule has 1 unspecified atom stereocenters. The van der Waals surface area contributed by atoms with Crippen LogP contribution < -0.4 is 5.32 Å². The highest BCUT2D eigenvalue weighted by molar-refractivity contribution is 9.10. The van der Waals surface area contributed by atoms with Crippen molar-refractivity contribution in [2.45, 2.75) is 39.7 Å². The molecule has 102 valence electrons. The summed E-state index contributed by atoms with van der Waals surface area (Å²) in [6, 6.07) is 4.54. The van der Waals surface area contributed by atoms with Crippen molar-refractivity contribution < 1.29 is 0 Å². The van der Waals surface area contributed by atoms with E-state index in [-0.39, 0.29) is 5.41 Å². The molecule has 19 heavy (non-hydrogen) atoms. The molecule has 4 heteroatoms. The second-order valence-electron chi connectivity index (χ2n) is 6.22. The van der Waals surface area contributed by atoms with Gasteiger partial charge in [0.2, 0.25) is 0 Å². The van der Waals surface area contributed by atoms with Crippen LogP contribution in [-0.4, -0.2) is 16.5 Å². The largest absolute Gasteiger partial charge is 0.341 e. The number of imidazole rings is 1. The lowest BCUT2D eigenvalue weighted by molar-refractivity contribution is 0.175. The van der Waals surface area contributed by atoms with Crippen LogP contribution in [0, 0.1) is 12.3 Å². The topological polar surface area (TPSA) is 40.7 Å². The van der Waals surface area contributed by atoms with Crippen LogP contribution in [-0.2, 0) is 0 Å². The van der Waals surface area contributed by atoms with Gasteiger partial charge in [0.1, 0.15) is 5.82 Å². The van der Waals surface area contributed by atoms with Gasteiger partial charge in [0, 0.05) is 4.47 Å². The maximum absolute atomic E-state index is 4.83. The van der Waals surface area contributed by atoms with E-state index in [2.05, 4.69) is 59.1 Å². The summed E-state index contributed by atoms with van der Waals surface area (Å²) < 4.78 is 1.10. The molecule has 0 aliphatic carbocycles. The molecule has 2 N–H and O–H groups in total. The standard InChI is InChI=1S/C15H20BrN3/c1-9-7-10(16)8-11-12(9)19-14(18-11)13-15(2,3)5-4-6-17-13/h7-8,13,17H,4-6H2,1-3H3,(H,18,19). The molecule has 1 saturated heterocycles. The van der Waals surface area contributed by atoms with Crippen molar-refractivity contribution in [2.24, 2.45) is 5.41 Å². The number of aryl methyl sites for hydroxylation is 1. The van der Waals surface area contributed by atoms with Crippen molar-refractivity contribution in [1.29, 1.82) is 0 Å². The SMILES string of the molecule is Cc1cc(Br)cc2[nH]c(C3NCCCC3(C)C)nc12. The smallest absolute Gasteiger partial charge is 0.125 e. The molecule has 0 amide bonds. The van der Waals surface area contributed by atoms with Gasteiger partial charge in [-0.15, -0.1) is 0 Å². The fraction of sp³-hybridized carbons (Fsp3) is 0.533. The van der Waals surface area contributed by atoms with Gasteiger partial charge in [-0.25, -0.2) is 4.98 Å². The average Bonchev–Trinajstić information content (AvgIpc) is 2.72. The van der Waals surface area contributed by atoms with Crippen molar-refractivity contribution in [2.75, 3.05) is 6.54 Å². The highest BCUT2D eigenvalue weighted by Gasteiger charge is 2.35. The molecule has 0 saturated carbocycles. The van der Waals surface area contributed by atoms with Gasteiger partial charge in [0.25, 0.3) is 0 Å². The molecule has 0 spiro atoms. The molecule has 2 heterocycles. The number of piperidine rings is 1. The Morgan fingerprint density at radius 1 is 1.37 bits per heavy atom. The fourth-order valence-corrected chi connectivity index (χ4v) is 3.65. The summed E-state index contributed by atoms with van der Waals surface area (Å²) in [5, 5.41) is 3.62. The van der Waals surface area contributed by atoms with Crippen LogP contribution in [0.5, 0.6) is 0 Å². The van der Waals surface area contributed by atoms with Crippen LogP contribution >= 0.6 is 15.9 Å². The van der Waals surface area contributed by atoms with Gasteiger partial charge in [-0.05, 0) is 49.4 Å². The Kier molecular flexibility index (Phi) is 3.18. The first kappa shape index (κ1) is 13.1. The fourth-order valence-electron chi connectivity index (χ4n) is 3.08. The predicted molar refractivity (Wildman–Crippen MR) is 82.3 cm³/mol. The minimum absolute atomic E-state index is 0.247. The molecule has 1 fully saturated rings. The molecular weight excluding hydrogens is 302 g/mol. The Bertz CT molecular complexity index is 615. The number of fused-ring (bicyclic) bond motifs is 1. The second-order valence-corrected chi connectivity index (χ2v) is 7.14. The van der Waals surface area contributed by atoms with Crippen LogP contribution in [0.4, 0.5) is 0 Å². The zero-order valence-electron chi connectivity index (χ0n) is 11.7. The van der Waals surface area contributed by atoms with E-state index in [1.807, 2.05) is 0 Å². The number of nitrogens with one attached hydrogen (secondary N) is 2. The lowest BCUT2D eigenvalue weighted by Gasteiger charge is -2.38. The molecule has 2 aromatic rings. The summed E-state index contributed by atoms with van der Waals surface area (Å²) >= 11 is 3.55. The first-order valence-corrected chi connectivity index (χ1v) is 7.66. The van der Waals surface area contributed by atoms with Gasteiger partial charge >= 0.3 is 0 Å². The van der Waals surface area contributed by atoms with Gasteiger partial charge in [-0.1, -0.05) is 29.8 Å². The second kappa shape index (κ2) is 4.60. The van der Waals surface area contributed by atoms with E-state index >= 15 is 0 Å². The number of halogens is 1. The number of H-pyrrole nitrogens is 1. The summed E-state index contributed by atoms with van der Waals surface area (Å²) in [4.78, 5) is 8.33. The third kappa shape index (κ3) is 2.32. The van der Waals surface area contributed by atoms with Crippen LogP contribution in [0.15, 0.2) is 16.6 Å². The maximum Gasteiger partial charge on any atom is 0.125 e. The summed E-state index contributed by atoms with van der Waals surface area (Å²) in [7, 11) is 0. The molecule has 3 rings (SSSR count). The number of hydrogen-bond donors (Lipinski definition) is 2. The van der Waals surface area contributed by atoms with E-state index < -0.39 is 0 Å². The van der Waals surface area contributed by atoms with Gasteiger partial charge in [-0.2, -0.15) is 0 Å². The molecule has 3 nitrogen and oxygen atoms in total. The normalized spacial score (nSPS) is 22.8. The van der Waals surface area contributed by atoms with Gasteiger partial charge < -0.3 is 10.3 Å². The molecule has 1 aromatic heterocycles. The van der Waals surface area contributed by atoms with E-state index in [0.29, 0.717) is 6.04 Å². The first-order valence-electron chi connectivity index (χ1n) is 6.86. The summed E-state index contributed by atoms with van der Waals surface area (Å²) in [5.41, 5.74) is 3.66. The van der Waals surface area contributed by atoms with E-state index in [1.54, 1.807) is 0 Å². The van der Waals surface area contributed by atoms with Gasteiger partial charge in [0.05, 0.1) is 17.1 Å². The quantitative estimate of drug-likeness (QED) is 0.830. The zero-order chi connectivity index (χ0) is 13.6. The number of nitrogens with zero attached hydrogens (tertiary/aromatic N) is 1. The maximum atomic E-state index is 4.83. The number of aromatic amines is 1. The molecule has 0 radical (unpaired) electrons. The highest BCUT2D eigenvalue weighted by atomic mass is 79.9. The third-order valence-corrected chi connectivity index (χ3v) is 4.62. The van der Waals surface area contributed by atoms with E-state index in [0.717, 1.165) is 27.9 Å². The van der Waals surface area contributed by atoms with Crippen molar-refractivity contribution in [3.63, 3.8) is 0 Å². The van der Waals surface area contributed by atoms with Crippen LogP contribution in [0.25, 0.3) is 11.0 Å². The van der Waals surface area contributed by atoms with Crippen molar-refractivity contribution in [3.8, 4) is 0 Å². The lowest BCUT2D eigenvalue weighted by atomic mass is 9.77. The third-order valence-electron chi connectivity index (χ3n) is 4.16. The average molecular weight is 322 g/mol. The van der Waals surface area contributed by atoms with Gasteiger partial charge in [-0.3, -0.25) is 0 Å². The summed E-state index contributed by atoms with van der Waals surface area (Å²) in [5.74, 6) is 1.07. The monoisotopic (exact) mass is 321 g/mol. The predicted octanol–water partition coefficient (Wildman–Crippen LogP) is 4.08. The Labute approximate surface area is 122 Å². The Balaban J connectivity index is 2.08. The Morgan fingerprint density at radius 2 is 2.16 bits per heavy atom. The number of hydrogen-bond acceptors (Lipinski definition) is 2. The van der Waals surface area contributed by atoms with E-state index in [9.17, 15) is 0 Å². The van der Waals surface area contributed by atoms with E-state index in [4.69, 9.17) is 4.98 Å². The van der Waals surface area contributed by atoms with Gasteiger partial charge in [0.15, 0.2) is 0 Å². The number of rotatable bonds is 1. The summed E-state index contributed by atoms with van der Waals surface area (Å²) in [6.07, 6.45) is 2.48. The van der Waals surface area contributed by atoms with Crippen LogP contribution in [0.3, 0.4) is 0 Å². The number of benzene rings is 1. The Hall–Kier alpha value is -0.870. The molecule has 1 aliphatic rings. The number of aromatic nitrogens is 2. The molecule has 0 bridgehead atoms. The van der Waals surface area contributed by atoms with Crippen molar-refractivity contribution in [1.82, 2.24) is 15.3 Å². The molecular formula is C15H20BrN3. The summed E-state index contributed by atoms with van der Waals surface area (Å²) in [6.45, 7) is 7.82. The van der Waals surface area contributed by atoms with Crippen molar-refractivity contribution >= 4 is 27.0 Å². The zero-order valence-corrected chi connectivity index (χ0v) is 13.3. The lowest BCUT2D eigenvalue weighted by Crippen LogP contribution is -2.40. The van der Waals surface area contributed by atoms with Crippen LogP contribution in [0.2, 0.25) is 0 Å². The minimum Gasteiger partial charge on any atom is -0.341 e.